The summed E-state index contributed by atoms with van der Waals surface area (Å²) in [4.78, 5) is 2.56. The van der Waals surface area contributed by atoms with Crippen LogP contribution < -0.4 is 5.73 Å². The summed E-state index contributed by atoms with van der Waals surface area (Å²) in [5, 5.41) is 0. The Kier molecular flexibility index (Phi) is 3.85. The van der Waals surface area contributed by atoms with Crippen molar-refractivity contribution in [2.75, 3.05) is 26.2 Å². The molecule has 1 saturated heterocycles. The predicted molar refractivity (Wildman–Crippen MR) is 73.1 cm³/mol. The Labute approximate surface area is 105 Å². The normalized spacial score (nSPS) is 21.9. The van der Waals surface area contributed by atoms with Crippen LogP contribution in [0.3, 0.4) is 0 Å². The summed E-state index contributed by atoms with van der Waals surface area (Å²) in [6, 6.07) is 10.9. The summed E-state index contributed by atoms with van der Waals surface area (Å²) in [6.45, 7) is 8.79. The van der Waals surface area contributed by atoms with Gasteiger partial charge in [-0.05, 0) is 36.4 Å². The van der Waals surface area contributed by atoms with Gasteiger partial charge in [0.15, 0.2) is 0 Å². The number of rotatable bonds is 4. The number of likely N-dealkylation sites (tertiary alicyclic amines) is 1. The van der Waals surface area contributed by atoms with Gasteiger partial charge in [-0.1, -0.05) is 44.2 Å². The SMILES string of the molecule is CC(C)(CN)CN1CCC(c2ccccc2)C1. The molecule has 2 rings (SSSR count). The molecule has 1 aliphatic rings. The zero-order valence-corrected chi connectivity index (χ0v) is 11.0. The molecule has 94 valence electrons. The van der Waals surface area contributed by atoms with E-state index in [-0.39, 0.29) is 5.41 Å². The van der Waals surface area contributed by atoms with Crippen molar-refractivity contribution in [3.05, 3.63) is 35.9 Å². The molecule has 2 heteroatoms. The smallest absolute Gasteiger partial charge is 0.00510 e. The lowest BCUT2D eigenvalue weighted by molar-refractivity contribution is 0.214. The molecule has 1 fully saturated rings. The van der Waals surface area contributed by atoms with Crippen LogP contribution in [-0.2, 0) is 0 Å². The Hall–Kier alpha value is -0.860. The molecule has 1 heterocycles. The summed E-state index contributed by atoms with van der Waals surface area (Å²) in [6.07, 6.45) is 1.28. The van der Waals surface area contributed by atoms with E-state index in [9.17, 15) is 0 Å². The highest BCUT2D eigenvalue weighted by Crippen LogP contribution is 2.29. The van der Waals surface area contributed by atoms with Gasteiger partial charge in [-0.15, -0.1) is 0 Å². The van der Waals surface area contributed by atoms with Gasteiger partial charge in [0.2, 0.25) is 0 Å². The molecule has 0 amide bonds. The quantitative estimate of drug-likeness (QED) is 0.864. The predicted octanol–water partition coefficient (Wildman–Crippen LogP) is 2.46. The standard InChI is InChI=1S/C15H24N2/c1-15(2,11-16)12-17-9-8-14(10-17)13-6-4-3-5-7-13/h3-7,14H,8-12,16H2,1-2H3. The minimum Gasteiger partial charge on any atom is -0.330 e. The summed E-state index contributed by atoms with van der Waals surface area (Å²) >= 11 is 0. The van der Waals surface area contributed by atoms with E-state index in [0.717, 1.165) is 13.1 Å². The lowest BCUT2D eigenvalue weighted by Crippen LogP contribution is -2.37. The van der Waals surface area contributed by atoms with Gasteiger partial charge < -0.3 is 10.6 Å². The molecule has 1 aliphatic heterocycles. The van der Waals surface area contributed by atoms with Crippen LogP contribution >= 0.6 is 0 Å². The molecule has 0 saturated carbocycles. The molecule has 0 radical (unpaired) electrons. The molecule has 17 heavy (non-hydrogen) atoms. The number of nitrogens with zero attached hydrogens (tertiary/aromatic N) is 1. The zero-order valence-electron chi connectivity index (χ0n) is 11.0. The number of benzene rings is 1. The van der Waals surface area contributed by atoms with Crippen molar-refractivity contribution in [3.8, 4) is 0 Å². The number of nitrogens with two attached hydrogens (primary N) is 1. The fourth-order valence-corrected chi connectivity index (χ4v) is 2.64. The van der Waals surface area contributed by atoms with Crippen molar-refractivity contribution in [2.24, 2.45) is 11.1 Å². The van der Waals surface area contributed by atoms with Crippen LogP contribution in [0.5, 0.6) is 0 Å². The largest absolute Gasteiger partial charge is 0.330 e. The van der Waals surface area contributed by atoms with E-state index < -0.39 is 0 Å². The van der Waals surface area contributed by atoms with Gasteiger partial charge in [0, 0.05) is 13.1 Å². The Bertz CT molecular complexity index is 345. The third-order valence-electron chi connectivity index (χ3n) is 3.75. The minimum atomic E-state index is 0.242. The first-order valence-electron chi connectivity index (χ1n) is 6.58. The van der Waals surface area contributed by atoms with Crippen molar-refractivity contribution in [2.45, 2.75) is 26.2 Å². The fourth-order valence-electron chi connectivity index (χ4n) is 2.64. The second-order valence-electron chi connectivity index (χ2n) is 6.00. The number of hydrogen-bond donors (Lipinski definition) is 1. The second kappa shape index (κ2) is 5.19. The van der Waals surface area contributed by atoms with Gasteiger partial charge in [0.05, 0.1) is 0 Å². The van der Waals surface area contributed by atoms with Gasteiger partial charge in [-0.2, -0.15) is 0 Å². The molecule has 1 unspecified atom stereocenters. The van der Waals surface area contributed by atoms with E-state index >= 15 is 0 Å². The zero-order chi connectivity index (χ0) is 12.3. The Morgan fingerprint density at radius 3 is 2.65 bits per heavy atom. The molecule has 2 nitrogen and oxygen atoms in total. The van der Waals surface area contributed by atoms with Crippen molar-refractivity contribution >= 4 is 0 Å². The van der Waals surface area contributed by atoms with E-state index in [2.05, 4.69) is 49.1 Å². The highest BCUT2D eigenvalue weighted by atomic mass is 15.2. The van der Waals surface area contributed by atoms with Crippen LogP contribution in [0.15, 0.2) is 30.3 Å². The topological polar surface area (TPSA) is 29.3 Å². The molecule has 0 aliphatic carbocycles. The second-order valence-corrected chi connectivity index (χ2v) is 6.00. The van der Waals surface area contributed by atoms with E-state index in [4.69, 9.17) is 5.73 Å². The van der Waals surface area contributed by atoms with Gasteiger partial charge in [0.25, 0.3) is 0 Å². The van der Waals surface area contributed by atoms with Gasteiger partial charge >= 0.3 is 0 Å². The van der Waals surface area contributed by atoms with E-state index in [1.807, 2.05) is 0 Å². The molecular weight excluding hydrogens is 208 g/mol. The van der Waals surface area contributed by atoms with Crippen LogP contribution in [0.4, 0.5) is 0 Å². The van der Waals surface area contributed by atoms with E-state index in [1.165, 1.54) is 25.1 Å². The maximum absolute atomic E-state index is 5.80. The van der Waals surface area contributed by atoms with Crippen LogP contribution in [-0.4, -0.2) is 31.1 Å². The average molecular weight is 232 g/mol. The lowest BCUT2D eigenvalue weighted by atomic mass is 9.93. The summed E-state index contributed by atoms with van der Waals surface area (Å²) in [5.41, 5.74) is 7.53. The Balaban J connectivity index is 1.92. The van der Waals surface area contributed by atoms with Crippen LogP contribution in [0.25, 0.3) is 0 Å². The number of hydrogen-bond acceptors (Lipinski definition) is 2. The third kappa shape index (κ3) is 3.30. The summed E-state index contributed by atoms with van der Waals surface area (Å²) < 4.78 is 0. The molecule has 1 atom stereocenters. The maximum Gasteiger partial charge on any atom is 0.00510 e. The molecule has 1 aromatic carbocycles. The van der Waals surface area contributed by atoms with Crippen molar-refractivity contribution in [1.82, 2.24) is 4.90 Å². The van der Waals surface area contributed by atoms with Crippen LogP contribution in [0.1, 0.15) is 31.7 Å². The summed E-state index contributed by atoms with van der Waals surface area (Å²) in [7, 11) is 0. The first-order chi connectivity index (χ1) is 8.11. The highest BCUT2D eigenvalue weighted by Gasteiger charge is 2.27. The third-order valence-corrected chi connectivity index (χ3v) is 3.75. The fraction of sp³-hybridized carbons (Fsp3) is 0.600. The Morgan fingerprint density at radius 2 is 2.00 bits per heavy atom. The molecule has 1 aromatic rings. The molecular formula is C15H24N2. The molecule has 2 N–H and O–H groups in total. The van der Waals surface area contributed by atoms with E-state index in [1.54, 1.807) is 0 Å². The van der Waals surface area contributed by atoms with Crippen molar-refractivity contribution < 1.29 is 0 Å². The van der Waals surface area contributed by atoms with Gasteiger partial charge in [-0.25, -0.2) is 0 Å². The van der Waals surface area contributed by atoms with E-state index in [0.29, 0.717) is 5.92 Å². The monoisotopic (exact) mass is 232 g/mol. The molecule has 0 spiro atoms. The Morgan fingerprint density at radius 1 is 1.29 bits per heavy atom. The first kappa shape index (κ1) is 12.6. The lowest BCUT2D eigenvalue weighted by Gasteiger charge is -2.28. The highest BCUT2D eigenvalue weighted by molar-refractivity contribution is 5.21. The maximum atomic E-state index is 5.80. The first-order valence-corrected chi connectivity index (χ1v) is 6.58. The van der Waals surface area contributed by atoms with Gasteiger partial charge in [-0.3, -0.25) is 0 Å². The van der Waals surface area contributed by atoms with Crippen molar-refractivity contribution in [1.29, 1.82) is 0 Å². The minimum absolute atomic E-state index is 0.242. The van der Waals surface area contributed by atoms with Crippen LogP contribution in [0.2, 0.25) is 0 Å². The summed E-state index contributed by atoms with van der Waals surface area (Å²) in [5.74, 6) is 0.713. The molecule has 0 bridgehead atoms. The van der Waals surface area contributed by atoms with Crippen LogP contribution in [0, 0.1) is 5.41 Å². The molecule has 0 aromatic heterocycles. The van der Waals surface area contributed by atoms with Gasteiger partial charge in [0.1, 0.15) is 0 Å². The average Bonchev–Trinajstić information content (AvgIpc) is 2.78. The van der Waals surface area contributed by atoms with Crippen molar-refractivity contribution in [3.63, 3.8) is 0 Å².